The number of alkyl halides is 3. The molecule has 1 atom stereocenters. The van der Waals surface area contributed by atoms with E-state index in [9.17, 15) is 26.4 Å². The summed E-state index contributed by atoms with van der Waals surface area (Å²) >= 11 is 0. The number of carbonyl (C=O) groups excluding carboxylic acids is 1. The third-order valence-electron chi connectivity index (χ3n) is 9.75. The summed E-state index contributed by atoms with van der Waals surface area (Å²) in [5.41, 5.74) is 1.23. The van der Waals surface area contributed by atoms with E-state index in [4.69, 9.17) is 14.5 Å². The Morgan fingerprint density at radius 2 is 1.67 bits per heavy atom. The molecule has 0 spiro atoms. The number of benzene rings is 3. The summed E-state index contributed by atoms with van der Waals surface area (Å²) < 4.78 is 80.0. The lowest BCUT2D eigenvalue weighted by atomic mass is 9.93. The Kier molecular flexibility index (Phi) is 11.3. The van der Waals surface area contributed by atoms with Gasteiger partial charge in [-0.2, -0.15) is 13.2 Å². The average molecular weight is 739 g/mol. The molecule has 2 saturated heterocycles. The van der Waals surface area contributed by atoms with Gasteiger partial charge >= 0.3 is 6.18 Å². The predicted octanol–water partition coefficient (Wildman–Crippen LogP) is 6.90. The molecule has 6 rings (SSSR count). The van der Waals surface area contributed by atoms with Crippen molar-refractivity contribution in [3.63, 3.8) is 0 Å². The van der Waals surface area contributed by atoms with Gasteiger partial charge in [-0.1, -0.05) is 42.5 Å². The number of amides is 1. The molecule has 2 fully saturated rings. The molecule has 3 aromatic carbocycles. The van der Waals surface area contributed by atoms with Crippen molar-refractivity contribution in [2.24, 2.45) is 0 Å². The predicted molar refractivity (Wildman–Crippen MR) is 194 cm³/mol. The van der Waals surface area contributed by atoms with E-state index in [-0.39, 0.29) is 44.9 Å². The Morgan fingerprint density at radius 1 is 0.981 bits per heavy atom. The highest BCUT2D eigenvalue weighted by Crippen LogP contribution is 2.39. The van der Waals surface area contributed by atoms with Crippen molar-refractivity contribution >= 4 is 26.6 Å². The monoisotopic (exact) mass is 738 g/mol. The molecule has 1 N–H and O–H groups in total. The zero-order valence-corrected chi connectivity index (χ0v) is 30.7. The van der Waals surface area contributed by atoms with E-state index in [0.717, 1.165) is 49.9 Å². The number of piperidine rings is 1. The van der Waals surface area contributed by atoms with Crippen molar-refractivity contribution in [3.8, 4) is 17.0 Å². The van der Waals surface area contributed by atoms with Gasteiger partial charge in [0.25, 0.3) is 5.91 Å². The molecule has 1 amide bonds. The second kappa shape index (κ2) is 15.5. The molecule has 1 aromatic heterocycles. The fraction of sp³-hybridized carbons (Fsp3) is 0.436. The topological polar surface area (TPSA) is 101 Å². The molecule has 2 aliphatic rings. The number of hydrogen-bond donors (Lipinski definition) is 1. The van der Waals surface area contributed by atoms with Crippen LogP contribution >= 0.6 is 0 Å². The number of aromatic nitrogens is 1. The van der Waals surface area contributed by atoms with Gasteiger partial charge in [-0.05, 0) is 70.5 Å². The number of morpholine rings is 1. The smallest absolute Gasteiger partial charge is 0.416 e. The van der Waals surface area contributed by atoms with E-state index in [2.05, 4.69) is 15.1 Å². The van der Waals surface area contributed by atoms with E-state index in [1.807, 2.05) is 37.3 Å². The number of ether oxygens (including phenoxy) is 2. The molecular formula is C39H45F3N4O5S. The van der Waals surface area contributed by atoms with E-state index >= 15 is 0 Å². The van der Waals surface area contributed by atoms with Crippen molar-refractivity contribution in [2.45, 2.75) is 69.4 Å². The lowest BCUT2D eigenvalue weighted by Crippen LogP contribution is -2.48. The number of nitrogens with one attached hydrogen (secondary N) is 1. The first-order chi connectivity index (χ1) is 24.7. The fourth-order valence-corrected chi connectivity index (χ4v) is 7.95. The van der Waals surface area contributed by atoms with Gasteiger partial charge in [0.15, 0.2) is 9.84 Å². The number of fused-ring (bicyclic) bond motifs is 1. The average Bonchev–Trinajstić information content (AvgIpc) is 3.11. The van der Waals surface area contributed by atoms with Gasteiger partial charge in [0.2, 0.25) is 0 Å². The van der Waals surface area contributed by atoms with E-state index < -0.39 is 39.6 Å². The Morgan fingerprint density at radius 3 is 2.31 bits per heavy atom. The van der Waals surface area contributed by atoms with Gasteiger partial charge in [0.05, 0.1) is 47.7 Å². The molecule has 9 nitrogen and oxygen atoms in total. The fourth-order valence-electron chi connectivity index (χ4n) is 7.14. The Balaban J connectivity index is 1.54. The molecule has 0 saturated carbocycles. The molecule has 0 radical (unpaired) electrons. The summed E-state index contributed by atoms with van der Waals surface area (Å²) in [6.45, 7) is 10.1. The second-order valence-corrected chi connectivity index (χ2v) is 15.9. The summed E-state index contributed by atoms with van der Waals surface area (Å²) in [6, 6.07) is 17.2. The number of hydrogen-bond acceptors (Lipinski definition) is 8. The molecule has 3 heterocycles. The van der Waals surface area contributed by atoms with Crippen molar-refractivity contribution in [3.05, 3.63) is 89.0 Å². The van der Waals surface area contributed by atoms with E-state index in [1.54, 1.807) is 19.9 Å². The Labute approximate surface area is 303 Å². The van der Waals surface area contributed by atoms with Gasteiger partial charge in [-0.25, -0.2) is 13.4 Å². The molecule has 52 heavy (non-hydrogen) atoms. The van der Waals surface area contributed by atoms with Crippen molar-refractivity contribution < 1.29 is 35.9 Å². The normalized spacial score (nSPS) is 17.4. The number of rotatable bonds is 10. The number of halogens is 3. The lowest BCUT2D eigenvalue weighted by Gasteiger charge is -2.40. The van der Waals surface area contributed by atoms with Crippen LogP contribution in [0.3, 0.4) is 0 Å². The van der Waals surface area contributed by atoms with Crippen LogP contribution in [0.15, 0.2) is 71.6 Å². The van der Waals surface area contributed by atoms with Crippen LogP contribution < -0.4 is 10.1 Å². The number of pyridine rings is 1. The molecular weight excluding hydrogens is 694 g/mol. The van der Waals surface area contributed by atoms with Crippen LogP contribution in [0.4, 0.5) is 13.2 Å². The van der Waals surface area contributed by atoms with E-state index in [0.29, 0.717) is 37.9 Å². The van der Waals surface area contributed by atoms with Crippen molar-refractivity contribution in [1.29, 1.82) is 0 Å². The highest BCUT2D eigenvalue weighted by atomic mass is 32.2. The zero-order valence-electron chi connectivity index (χ0n) is 29.9. The van der Waals surface area contributed by atoms with Gasteiger partial charge in [0, 0.05) is 54.5 Å². The molecule has 13 heteroatoms. The second-order valence-electron chi connectivity index (χ2n) is 13.9. The Bertz CT molecular complexity index is 2010. The number of sulfone groups is 1. The molecule has 0 aliphatic carbocycles. The molecule has 278 valence electrons. The number of nitrogens with zero attached hydrogens (tertiary/aromatic N) is 3. The summed E-state index contributed by atoms with van der Waals surface area (Å²) in [5, 5.41) is 3.35. The maximum absolute atomic E-state index is 14.7. The van der Waals surface area contributed by atoms with Crippen molar-refractivity contribution in [1.82, 2.24) is 20.1 Å². The zero-order chi connectivity index (χ0) is 37.2. The number of likely N-dealkylation sites (tertiary alicyclic amines) is 1. The summed E-state index contributed by atoms with van der Waals surface area (Å²) in [5.74, 6) is -0.443. The highest BCUT2D eigenvalue weighted by molar-refractivity contribution is 7.90. The van der Waals surface area contributed by atoms with Gasteiger partial charge in [-0.3, -0.25) is 14.6 Å². The molecule has 0 bridgehead atoms. The van der Waals surface area contributed by atoms with Crippen LogP contribution in [0.5, 0.6) is 5.75 Å². The Hall–Kier alpha value is -4.04. The highest BCUT2D eigenvalue weighted by Gasteiger charge is 2.33. The van der Waals surface area contributed by atoms with Crippen LogP contribution in [0.2, 0.25) is 0 Å². The van der Waals surface area contributed by atoms with Crippen LogP contribution in [-0.4, -0.2) is 86.9 Å². The first-order valence-corrected chi connectivity index (χ1v) is 19.5. The first kappa shape index (κ1) is 37.7. The van der Waals surface area contributed by atoms with Crippen molar-refractivity contribution in [2.75, 3.05) is 45.6 Å². The lowest BCUT2D eigenvalue weighted by molar-refractivity contribution is -0.137. The minimum absolute atomic E-state index is 0.0504. The minimum Gasteiger partial charge on any atom is -0.490 e. The SMILES string of the molecule is CC(C)Oc1cc2nc(-c3cccc(C(F)(F)F)c3)c(CN3CCC(N4CCOCC4)CC3)c(C(=O)NC(C)c3ccccc3)c2cc1S(C)(=O)=O. The molecule has 2 aliphatic heterocycles. The van der Waals surface area contributed by atoms with Crippen LogP contribution in [0.25, 0.3) is 22.2 Å². The third-order valence-corrected chi connectivity index (χ3v) is 10.9. The summed E-state index contributed by atoms with van der Waals surface area (Å²) in [7, 11) is -3.85. The van der Waals surface area contributed by atoms with Gasteiger partial charge < -0.3 is 14.8 Å². The summed E-state index contributed by atoms with van der Waals surface area (Å²) in [6.07, 6.45) is -2.18. The molecule has 1 unspecified atom stereocenters. The van der Waals surface area contributed by atoms with E-state index in [1.165, 1.54) is 18.2 Å². The minimum atomic E-state index is -4.61. The number of carbonyl (C=O) groups is 1. The quantitative estimate of drug-likeness (QED) is 0.188. The third kappa shape index (κ3) is 8.60. The van der Waals surface area contributed by atoms with Crippen LogP contribution in [-0.2, 0) is 27.3 Å². The van der Waals surface area contributed by atoms with Crippen LogP contribution in [0, 0.1) is 0 Å². The maximum Gasteiger partial charge on any atom is 0.416 e. The maximum atomic E-state index is 14.7. The standard InChI is InChI=1S/C39H45F3N4O5S/c1-25(2)51-34-23-33-31(22-35(34)52(4,48)49)36(38(47)43-26(3)27-9-6-5-7-10-27)32(37(44-33)28-11-8-12-29(21-28)39(40,41)42)24-45-15-13-30(14-16-45)46-17-19-50-20-18-46/h5-12,21-23,25-26,30H,13-20,24H2,1-4H3,(H,43,47). The largest absolute Gasteiger partial charge is 0.490 e. The van der Waals surface area contributed by atoms with Crippen LogP contribution in [0.1, 0.15) is 66.7 Å². The molecule has 4 aromatic rings. The summed E-state index contributed by atoms with van der Waals surface area (Å²) in [4.78, 5) is 24.1. The van der Waals surface area contributed by atoms with Gasteiger partial charge in [0.1, 0.15) is 10.6 Å². The first-order valence-electron chi connectivity index (χ1n) is 17.6. The van der Waals surface area contributed by atoms with Gasteiger partial charge in [-0.15, -0.1) is 0 Å².